The molecule has 12 heteroatoms. The van der Waals surface area contributed by atoms with Gasteiger partial charge in [-0.15, -0.1) is 0 Å². The third kappa shape index (κ3) is 7.05. The molecule has 4 N–H and O–H groups in total. The zero-order chi connectivity index (χ0) is 16.2. The Balaban J connectivity index is 0.00000264. The van der Waals surface area contributed by atoms with Crippen LogP contribution >= 0.6 is 0 Å². The minimum absolute atomic E-state index is 0. The van der Waals surface area contributed by atoms with Crippen molar-refractivity contribution in [1.82, 2.24) is 9.97 Å². The molecule has 0 amide bonds. The summed E-state index contributed by atoms with van der Waals surface area (Å²) in [5.41, 5.74) is 5.68. The quantitative estimate of drug-likeness (QED) is 0.391. The molecule has 0 bridgehead atoms. The fourth-order valence-corrected chi connectivity index (χ4v) is 2.79. The zero-order valence-corrected chi connectivity index (χ0v) is 19.2. The summed E-state index contributed by atoms with van der Waals surface area (Å²) in [6.45, 7) is -0.204. The molecule has 0 aliphatic carbocycles. The minimum atomic E-state index is -5.55. The van der Waals surface area contributed by atoms with Gasteiger partial charge in [0.25, 0.3) is 0 Å². The number of aliphatic hydroxyl groups is 1. The zero-order valence-electron chi connectivity index (χ0n) is 13.3. The van der Waals surface area contributed by atoms with E-state index in [1.165, 1.54) is 18.3 Å². The number of benzene rings is 1. The summed E-state index contributed by atoms with van der Waals surface area (Å²) in [7, 11) is 0. The van der Waals surface area contributed by atoms with Gasteiger partial charge in [0, 0.05) is 0 Å². The number of aromatic nitrogens is 2. The Bertz CT molecular complexity index is 716. The predicted octanol–water partition coefficient (Wildman–Crippen LogP) is -8.52. The van der Waals surface area contributed by atoms with E-state index < -0.39 is 14.2 Å². The first-order valence-electron chi connectivity index (χ1n) is 6.16. The Morgan fingerprint density at radius 3 is 2.58 bits per heavy atom. The maximum absolute atomic E-state index is 11.2. The van der Waals surface area contributed by atoms with Gasteiger partial charge in [0.05, 0.1) is 0 Å². The van der Waals surface area contributed by atoms with Crippen LogP contribution in [0.4, 0.5) is 17.5 Å². The Morgan fingerprint density at radius 1 is 1.29 bits per heavy atom. The number of hydrogen-bond donors (Lipinski definition) is 3. The van der Waals surface area contributed by atoms with Crippen LogP contribution in [0.3, 0.4) is 0 Å². The van der Waals surface area contributed by atoms with Crippen molar-refractivity contribution in [2.45, 2.75) is 0 Å². The number of ether oxygens (including phenoxy) is 1. The molecule has 0 atom stereocenters. The summed E-state index contributed by atoms with van der Waals surface area (Å²) >= 11 is -5.55. The van der Waals surface area contributed by atoms with E-state index >= 15 is 0 Å². The first kappa shape index (κ1) is 23.9. The van der Waals surface area contributed by atoms with Crippen molar-refractivity contribution < 1.29 is 80.9 Å². The molecule has 2 aromatic rings. The number of hydrogen-bond acceptors (Lipinski definition) is 9. The molecule has 1 aromatic carbocycles. The number of nitrogens with two attached hydrogens (primary N) is 1. The third-order valence-corrected chi connectivity index (χ3v) is 4.48. The van der Waals surface area contributed by atoms with Crippen LogP contribution in [0.5, 0.6) is 5.75 Å². The van der Waals surface area contributed by atoms with Crippen molar-refractivity contribution in [2.24, 2.45) is 0 Å². The summed E-state index contributed by atoms with van der Waals surface area (Å²) in [4.78, 5) is 7.64. The predicted molar refractivity (Wildman–Crippen MR) is 74.8 cm³/mol. The first-order chi connectivity index (χ1) is 10.4. The number of rotatable bonds is 6. The summed E-state index contributed by atoms with van der Waals surface area (Å²) in [6, 6.07) is 5.16. The number of anilines is 3. The molecule has 118 valence electrons. The summed E-state index contributed by atoms with van der Waals surface area (Å²) in [5, 5.41) is 11.6. The van der Waals surface area contributed by atoms with Gasteiger partial charge in [0.2, 0.25) is 0 Å². The largest absolute Gasteiger partial charge is 1.00 e. The number of nitrogens with one attached hydrogen (secondary N) is 1. The van der Waals surface area contributed by atoms with Crippen LogP contribution in [-0.4, -0.2) is 42.5 Å². The molecule has 0 saturated heterocycles. The van der Waals surface area contributed by atoms with Crippen LogP contribution in [0, 0.1) is 0 Å². The SMILES string of the molecule is Nc1nccc(Nc2cc([As](=O)([O-])[O-])ccc2OCCO)n1.[Na+].[Na+]. The fraction of sp³-hybridized carbons (Fsp3) is 0.167. The second-order valence-electron chi connectivity index (χ2n) is 4.18. The topological polar surface area (TPSA) is 156 Å². The fourth-order valence-electron chi connectivity index (χ4n) is 1.65. The second-order valence-corrected chi connectivity index (χ2v) is 7.35. The van der Waals surface area contributed by atoms with Gasteiger partial charge in [0.1, 0.15) is 0 Å². The van der Waals surface area contributed by atoms with Crippen LogP contribution in [0.2, 0.25) is 0 Å². The molecule has 0 fully saturated rings. The molecule has 9 nitrogen and oxygen atoms in total. The van der Waals surface area contributed by atoms with Gasteiger partial charge in [0.15, 0.2) is 0 Å². The van der Waals surface area contributed by atoms with Crippen molar-refractivity contribution in [1.29, 1.82) is 0 Å². The van der Waals surface area contributed by atoms with Crippen LogP contribution in [0.25, 0.3) is 0 Å². The Kier molecular flexibility index (Phi) is 10.8. The van der Waals surface area contributed by atoms with E-state index in [-0.39, 0.29) is 94.1 Å². The van der Waals surface area contributed by atoms with Crippen LogP contribution in [0.15, 0.2) is 30.5 Å². The number of nitrogens with zero attached hydrogens (tertiary/aromatic N) is 2. The monoisotopic (exact) mass is 414 g/mol. The van der Waals surface area contributed by atoms with E-state index in [1.54, 1.807) is 0 Å². The van der Waals surface area contributed by atoms with Gasteiger partial charge in [-0.05, 0) is 0 Å². The van der Waals surface area contributed by atoms with Crippen molar-refractivity contribution in [3.8, 4) is 5.75 Å². The van der Waals surface area contributed by atoms with Gasteiger partial charge in [-0.1, -0.05) is 0 Å². The molecule has 0 spiro atoms. The van der Waals surface area contributed by atoms with Crippen molar-refractivity contribution in [3.05, 3.63) is 30.5 Å². The van der Waals surface area contributed by atoms with Crippen LogP contribution < -0.4 is 87.4 Å². The Hall–Kier alpha value is -0.0616. The summed E-state index contributed by atoms with van der Waals surface area (Å²) in [5.74, 6) is 0.595. The van der Waals surface area contributed by atoms with E-state index in [1.807, 2.05) is 0 Å². The molecule has 0 unspecified atom stereocenters. The van der Waals surface area contributed by atoms with E-state index in [0.29, 0.717) is 5.82 Å². The van der Waals surface area contributed by atoms with Gasteiger partial charge < -0.3 is 0 Å². The molecule has 0 radical (unpaired) electrons. The van der Waals surface area contributed by atoms with Gasteiger partial charge in [-0.25, -0.2) is 0 Å². The third-order valence-electron chi connectivity index (χ3n) is 2.57. The van der Waals surface area contributed by atoms with Crippen LogP contribution in [0.1, 0.15) is 0 Å². The average molecular weight is 414 g/mol. The molecule has 24 heavy (non-hydrogen) atoms. The smallest absolute Gasteiger partial charge is 1.00 e. The van der Waals surface area contributed by atoms with Gasteiger partial charge in [-0.2, -0.15) is 0 Å². The number of aliphatic hydroxyl groups excluding tert-OH is 1. The van der Waals surface area contributed by atoms with Crippen molar-refractivity contribution >= 4 is 36.0 Å². The summed E-state index contributed by atoms with van der Waals surface area (Å²) < 4.78 is 38.5. The first-order valence-corrected chi connectivity index (χ1v) is 9.39. The van der Waals surface area contributed by atoms with E-state index in [9.17, 15) is 11.9 Å². The Labute approximate surface area is 185 Å². The molecule has 0 saturated carbocycles. The number of nitrogen functional groups attached to an aromatic ring is 1. The van der Waals surface area contributed by atoms with Crippen molar-refractivity contribution in [3.63, 3.8) is 0 Å². The normalized spacial score (nSPS) is 10.3. The summed E-state index contributed by atoms with van der Waals surface area (Å²) in [6.07, 6.45) is 1.42. The van der Waals surface area contributed by atoms with Gasteiger partial charge in [-0.3, -0.25) is 0 Å². The van der Waals surface area contributed by atoms with E-state index in [4.69, 9.17) is 15.6 Å². The molecule has 0 aliphatic rings. The van der Waals surface area contributed by atoms with Crippen LogP contribution in [-0.2, 0) is 3.74 Å². The van der Waals surface area contributed by atoms with E-state index in [0.717, 1.165) is 12.1 Å². The van der Waals surface area contributed by atoms with Crippen molar-refractivity contribution in [2.75, 3.05) is 24.3 Å². The Morgan fingerprint density at radius 2 is 2.00 bits per heavy atom. The second kappa shape index (κ2) is 10.8. The average Bonchev–Trinajstić information content (AvgIpc) is 2.45. The molecular formula is C12H13AsN4Na2O5. The standard InChI is InChI=1S/C12H15AsN4O5.2Na/c14-12-15-4-3-11(17-12)16-9-7-8(13(19,20)21)1-2-10(9)22-6-5-18;;/h1-4,7,18H,5-6H2,(H2,19,20,21)(H3,14,15,16,17);;/q;2*+1/p-2. The molecule has 1 heterocycles. The molecule has 2 rings (SSSR count). The van der Waals surface area contributed by atoms with E-state index in [2.05, 4.69) is 15.3 Å². The maximum Gasteiger partial charge on any atom is 1.00 e. The minimum Gasteiger partial charge on any atom is 1.00 e. The molecule has 1 aromatic heterocycles. The maximum atomic E-state index is 11.2. The van der Waals surface area contributed by atoms with Gasteiger partial charge >= 0.3 is 187 Å². The molecule has 0 aliphatic heterocycles. The molecular weight excluding hydrogens is 401 g/mol.